The average Bonchev–Trinajstić information content (AvgIpc) is 2.49. The molecule has 1 aliphatic heterocycles. The molecule has 0 spiro atoms. The van der Waals surface area contributed by atoms with Crippen LogP contribution < -0.4 is 0 Å². The molecule has 0 bridgehead atoms. The number of carbonyl (C=O) groups is 2. The van der Waals surface area contributed by atoms with Gasteiger partial charge >= 0.3 is 0 Å². The molecule has 3 aliphatic rings. The molecule has 1 heterocycles. The van der Waals surface area contributed by atoms with Crippen molar-refractivity contribution in [2.24, 2.45) is 0 Å². The van der Waals surface area contributed by atoms with Crippen LogP contribution in [0.4, 0.5) is 0 Å². The van der Waals surface area contributed by atoms with Crippen LogP contribution in [0.25, 0.3) is 0 Å². The summed E-state index contributed by atoms with van der Waals surface area (Å²) < 4.78 is 2.13. The van der Waals surface area contributed by atoms with Crippen molar-refractivity contribution in [2.45, 2.75) is 11.7 Å². The molecule has 0 amide bonds. The molecular weight excluding hydrogens is 332 g/mol. The molecule has 1 unspecified atom stereocenters. The van der Waals surface area contributed by atoms with Gasteiger partial charge in [0.2, 0.25) is 23.0 Å². The fraction of sp³-hybridized carbons (Fsp3) is 0.353. The first-order chi connectivity index (χ1) is 11.0. The van der Waals surface area contributed by atoms with Crippen molar-refractivity contribution in [3.63, 3.8) is 0 Å². The van der Waals surface area contributed by atoms with Crippen LogP contribution in [0.3, 0.4) is 0 Å². The van der Waals surface area contributed by atoms with Gasteiger partial charge in [0, 0.05) is 30.1 Å². The molecule has 0 aromatic carbocycles. The van der Waals surface area contributed by atoms with Crippen LogP contribution >= 0.6 is 23.4 Å². The summed E-state index contributed by atoms with van der Waals surface area (Å²) in [6, 6.07) is 0. The molecule has 2 aliphatic carbocycles. The quantitative estimate of drug-likeness (QED) is 0.443. The first-order valence-corrected chi connectivity index (χ1v) is 8.74. The summed E-state index contributed by atoms with van der Waals surface area (Å²) >= 11 is 7.76. The summed E-state index contributed by atoms with van der Waals surface area (Å²) in [7, 11) is 4.07. The zero-order valence-electron chi connectivity index (χ0n) is 13.1. The maximum atomic E-state index is 11.8. The Kier molecular flexibility index (Phi) is 4.71. The van der Waals surface area contributed by atoms with Gasteiger partial charge in [0.15, 0.2) is 6.54 Å². The lowest BCUT2D eigenvalue weighted by molar-refractivity contribution is -0.474. The van der Waals surface area contributed by atoms with Crippen molar-refractivity contribution in [3.05, 3.63) is 46.0 Å². The van der Waals surface area contributed by atoms with E-state index in [1.54, 1.807) is 11.8 Å². The molecule has 0 fully saturated rings. The summed E-state index contributed by atoms with van der Waals surface area (Å²) in [5, 5.41) is 0.807. The number of nitrogens with zero attached hydrogens (tertiary/aromatic N) is 2. The molecule has 0 aromatic rings. The molecule has 0 N–H and O–H groups in total. The van der Waals surface area contributed by atoms with Crippen molar-refractivity contribution in [2.75, 3.05) is 27.2 Å². The molecule has 120 valence electrons. The molecule has 0 saturated heterocycles. The fourth-order valence-electron chi connectivity index (χ4n) is 2.79. The van der Waals surface area contributed by atoms with E-state index in [2.05, 4.69) is 9.48 Å². The Morgan fingerprint density at radius 2 is 1.96 bits per heavy atom. The Hall–Kier alpha value is -1.43. The number of hydrogen-bond donors (Lipinski definition) is 0. The third-order valence-corrected chi connectivity index (χ3v) is 5.34. The molecule has 3 rings (SSSR count). The highest BCUT2D eigenvalue weighted by molar-refractivity contribution is 8.04. The number of hydrogen-bond acceptors (Lipinski definition) is 4. The van der Waals surface area contributed by atoms with Crippen molar-refractivity contribution < 1.29 is 14.2 Å². The van der Waals surface area contributed by atoms with Gasteiger partial charge in [0.25, 0.3) is 0 Å². The number of ketones is 2. The Morgan fingerprint density at radius 3 is 2.70 bits per heavy atom. The van der Waals surface area contributed by atoms with Crippen LogP contribution in [0.2, 0.25) is 0 Å². The smallest absolute Gasteiger partial charge is 0.232 e. The normalized spacial score (nSPS) is 23.5. The van der Waals surface area contributed by atoms with Crippen LogP contribution in [0, 0.1) is 0 Å². The average molecular weight is 350 g/mol. The van der Waals surface area contributed by atoms with E-state index in [0.717, 1.165) is 35.8 Å². The molecular formula is C17H18ClN2O2S+. The Morgan fingerprint density at radius 1 is 1.22 bits per heavy atom. The summed E-state index contributed by atoms with van der Waals surface area (Å²) in [5.74, 6) is -0.899. The van der Waals surface area contributed by atoms with Crippen LogP contribution in [-0.2, 0) is 9.59 Å². The number of halogens is 1. The predicted octanol–water partition coefficient (Wildman–Crippen LogP) is 2.12. The SMILES string of the molecule is CN(C)CCC[N+]1=C2C=C(Cl)C=CC2SC2=CC(=O)C(=O)C=C21. The fourth-order valence-corrected chi connectivity index (χ4v) is 4.18. The van der Waals surface area contributed by atoms with E-state index in [4.69, 9.17) is 11.6 Å². The highest BCUT2D eigenvalue weighted by Crippen LogP contribution is 2.39. The highest BCUT2D eigenvalue weighted by Gasteiger charge is 2.39. The first-order valence-electron chi connectivity index (χ1n) is 7.49. The van der Waals surface area contributed by atoms with Gasteiger partial charge < -0.3 is 4.90 Å². The van der Waals surface area contributed by atoms with Crippen LogP contribution in [-0.4, -0.2) is 59.2 Å². The van der Waals surface area contributed by atoms with E-state index in [-0.39, 0.29) is 5.25 Å². The van der Waals surface area contributed by atoms with Gasteiger partial charge in [0.05, 0.1) is 11.0 Å². The minimum Gasteiger partial charge on any atom is -0.309 e. The second-order valence-corrected chi connectivity index (χ2v) is 7.55. The number of carbonyl (C=O) groups excluding carboxylic acids is 2. The van der Waals surface area contributed by atoms with Crippen molar-refractivity contribution in [1.82, 2.24) is 4.90 Å². The molecule has 1 atom stereocenters. The van der Waals surface area contributed by atoms with Gasteiger partial charge in [-0.25, -0.2) is 0 Å². The van der Waals surface area contributed by atoms with Gasteiger partial charge in [-0.1, -0.05) is 17.7 Å². The third kappa shape index (κ3) is 3.42. The standard InChI is InChI=1S/C17H18ClN2O2S/c1-19(2)6-3-7-20-12-8-11(18)4-5-16(12)23-17-10-15(22)14(21)9-13(17)20/h4-5,8-10,16H,3,6-7H2,1-2H3/q+1. The maximum absolute atomic E-state index is 11.8. The third-order valence-electron chi connectivity index (χ3n) is 3.88. The Balaban J connectivity index is 2.01. The second kappa shape index (κ2) is 6.59. The lowest BCUT2D eigenvalue weighted by Gasteiger charge is -2.25. The van der Waals surface area contributed by atoms with Gasteiger partial charge in [0.1, 0.15) is 5.25 Å². The monoisotopic (exact) mass is 349 g/mol. The van der Waals surface area contributed by atoms with Crippen LogP contribution in [0.15, 0.2) is 46.0 Å². The van der Waals surface area contributed by atoms with Crippen molar-refractivity contribution in [3.8, 4) is 0 Å². The summed E-state index contributed by atoms with van der Waals surface area (Å²) in [4.78, 5) is 26.5. The Bertz CT molecular complexity index is 729. The van der Waals surface area contributed by atoms with Crippen LogP contribution in [0.1, 0.15) is 6.42 Å². The van der Waals surface area contributed by atoms with Gasteiger partial charge in [-0.2, -0.15) is 4.58 Å². The van der Waals surface area contributed by atoms with Crippen LogP contribution in [0.5, 0.6) is 0 Å². The molecule has 0 radical (unpaired) electrons. The highest BCUT2D eigenvalue weighted by atomic mass is 35.5. The van der Waals surface area contributed by atoms with Crippen molar-refractivity contribution >= 4 is 40.6 Å². The van der Waals surface area contributed by atoms with Crippen molar-refractivity contribution in [1.29, 1.82) is 0 Å². The van der Waals surface area contributed by atoms with Gasteiger partial charge in [-0.3, -0.25) is 9.59 Å². The maximum Gasteiger partial charge on any atom is 0.232 e. The van der Waals surface area contributed by atoms with Gasteiger partial charge in [-0.15, -0.1) is 11.8 Å². The molecule has 0 aromatic heterocycles. The minimum atomic E-state index is -0.456. The van der Waals surface area contributed by atoms with E-state index >= 15 is 0 Å². The number of thioether (sulfide) groups is 1. The zero-order chi connectivity index (χ0) is 16.6. The van der Waals surface area contributed by atoms with E-state index in [0.29, 0.717) is 5.03 Å². The van der Waals surface area contributed by atoms with E-state index in [9.17, 15) is 9.59 Å². The lowest BCUT2D eigenvalue weighted by Crippen LogP contribution is -2.36. The number of rotatable bonds is 4. The van der Waals surface area contributed by atoms with E-state index in [1.807, 2.05) is 32.3 Å². The number of fused-ring (bicyclic) bond motifs is 2. The lowest BCUT2D eigenvalue weighted by atomic mass is 10.1. The molecule has 6 heteroatoms. The topological polar surface area (TPSA) is 40.4 Å². The zero-order valence-corrected chi connectivity index (χ0v) is 14.7. The first kappa shape index (κ1) is 16.4. The summed E-state index contributed by atoms with van der Waals surface area (Å²) in [6.07, 6.45) is 9.75. The van der Waals surface area contributed by atoms with E-state index < -0.39 is 11.6 Å². The summed E-state index contributed by atoms with van der Waals surface area (Å²) in [6.45, 7) is 1.73. The van der Waals surface area contributed by atoms with E-state index in [1.165, 1.54) is 12.2 Å². The largest absolute Gasteiger partial charge is 0.309 e. The molecule has 23 heavy (non-hydrogen) atoms. The number of allylic oxidation sites excluding steroid dienone is 5. The second-order valence-electron chi connectivity index (χ2n) is 5.93. The van der Waals surface area contributed by atoms with Gasteiger partial charge in [-0.05, 0) is 20.2 Å². The minimum absolute atomic E-state index is 0.126. The molecule has 4 nitrogen and oxygen atoms in total. The molecule has 0 saturated carbocycles. The predicted molar refractivity (Wildman–Crippen MR) is 93.9 cm³/mol. The summed E-state index contributed by atoms with van der Waals surface area (Å²) in [5.41, 5.74) is 1.90. The Labute approximate surface area is 144 Å².